The highest BCUT2D eigenvalue weighted by Crippen LogP contribution is 2.50. The molecule has 1 aliphatic rings. The molecule has 4 heteroatoms. The van der Waals surface area contributed by atoms with Crippen molar-refractivity contribution in [2.24, 2.45) is 5.41 Å². The highest BCUT2D eigenvalue weighted by Gasteiger charge is 2.56. The van der Waals surface area contributed by atoms with E-state index in [0.29, 0.717) is 19.4 Å². The van der Waals surface area contributed by atoms with Gasteiger partial charge >= 0.3 is 0 Å². The average Bonchev–Trinajstić information content (AvgIpc) is 2.26. The number of rotatable bonds is 4. The fraction of sp³-hybridized carbons (Fsp3) is 1.00. The minimum absolute atomic E-state index is 0.00417. The number of alkyl halides is 2. The third kappa shape index (κ3) is 2.06. The summed E-state index contributed by atoms with van der Waals surface area (Å²) in [6.07, 6.45) is 1.17. The Morgan fingerprint density at radius 3 is 2.29 bits per heavy atom. The van der Waals surface area contributed by atoms with Crippen LogP contribution in [-0.2, 0) is 4.74 Å². The van der Waals surface area contributed by atoms with Crippen molar-refractivity contribution in [1.82, 2.24) is 4.90 Å². The van der Waals surface area contributed by atoms with Crippen molar-refractivity contribution >= 4 is 0 Å². The smallest absolute Gasteiger partial charge is 0.257 e. The van der Waals surface area contributed by atoms with Gasteiger partial charge in [-0.1, -0.05) is 0 Å². The maximum Gasteiger partial charge on any atom is 0.257 e. The maximum absolute atomic E-state index is 13.7. The number of hydrogen-bond donors (Lipinski definition) is 0. The summed E-state index contributed by atoms with van der Waals surface area (Å²) in [5.41, 5.74) is -0.967. The van der Waals surface area contributed by atoms with E-state index < -0.39 is 11.3 Å². The van der Waals surface area contributed by atoms with E-state index >= 15 is 0 Å². The Morgan fingerprint density at radius 2 is 1.93 bits per heavy atom. The van der Waals surface area contributed by atoms with Crippen LogP contribution in [0.2, 0.25) is 0 Å². The van der Waals surface area contributed by atoms with Crippen molar-refractivity contribution in [2.75, 3.05) is 34.4 Å². The molecule has 0 amide bonds. The molecule has 2 nitrogen and oxygen atoms in total. The average molecular weight is 207 g/mol. The van der Waals surface area contributed by atoms with Gasteiger partial charge in [0.1, 0.15) is 0 Å². The van der Waals surface area contributed by atoms with Gasteiger partial charge in [-0.05, 0) is 26.9 Å². The van der Waals surface area contributed by atoms with Crippen molar-refractivity contribution in [3.8, 4) is 0 Å². The minimum Gasteiger partial charge on any atom is -0.384 e. The largest absolute Gasteiger partial charge is 0.384 e. The first kappa shape index (κ1) is 11.9. The molecule has 0 aromatic rings. The molecule has 0 N–H and O–H groups in total. The van der Waals surface area contributed by atoms with Crippen LogP contribution in [0.4, 0.5) is 8.78 Å². The second kappa shape index (κ2) is 4.11. The molecule has 1 atom stereocenters. The molecule has 0 aromatic carbocycles. The first-order valence-electron chi connectivity index (χ1n) is 4.95. The van der Waals surface area contributed by atoms with Crippen LogP contribution < -0.4 is 0 Å². The summed E-state index contributed by atoms with van der Waals surface area (Å²) in [5.74, 6) is -2.58. The SMILES string of the molecule is COCC1(CN(C)C)CCCC1(F)F. The third-order valence-corrected chi connectivity index (χ3v) is 2.96. The molecule has 0 aromatic heterocycles. The molecule has 1 rings (SSSR count). The van der Waals surface area contributed by atoms with Crippen LogP contribution in [0.3, 0.4) is 0 Å². The lowest BCUT2D eigenvalue weighted by Crippen LogP contribution is -2.47. The summed E-state index contributed by atoms with van der Waals surface area (Å²) in [5, 5.41) is 0. The summed E-state index contributed by atoms with van der Waals surface area (Å²) in [6.45, 7) is 0.548. The summed E-state index contributed by atoms with van der Waals surface area (Å²) >= 11 is 0. The molecule has 14 heavy (non-hydrogen) atoms. The van der Waals surface area contributed by atoms with Crippen LogP contribution in [0, 0.1) is 5.41 Å². The minimum atomic E-state index is -2.58. The Hall–Kier alpha value is -0.220. The summed E-state index contributed by atoms with van der Waals surface area (Å²) in [6, 6.07) is 0. The van der Waals surface area contributed by atoms with E-state index in [1.807, 2.05) is 19.0 Å². The molecule has 0 radical (unpaired) electrons. The maximum atomic E-state index is 13.7. The Bertz CT molecular complexity index is 197. The molecule has 1 unspecified atom stereocenters. The number of hydrogen-bond acceptors (Lipinski definition) is 2. The Balaban J connectivity index is 2.80. The first-order chi connectivity index (χ1) is 6.43. The predicted molar refractivity (Wildman–Crippen MR) is 51.7 cm³/mol. The third-order valence-electron chi connectivity index (χ3n) is 2.96. The van der Waals surface area contributed by atoms with Gasteiger partial charge in [-0.3, -0.25) is 0 Å². The molecule has 0 aliphatic heterocycles. The van der Waals surface area contributed by atoms with E-state index in [4.69, 9.17) is 4.74 Å². The molecule has 0 saturated heterocycles. The van der Waals surface area contributed by atoms with Crippen LogP contribution in [0.15, 0.2) is 0 Å². The molecule has 1 fully saturated rings. The Labute approximate surface area is 84.2 Å². The monoisotopic (exact) mass is 207 g/mol. The molecular formula is C10H19F2NO. The van der Waals surface area contributed by atoms with Crippen molar-refractivity contribution in [2.45, 2.75) is 25.2 Å². The van der Waals surface area contributed by atoms with Gasteiger partial charge in [0.25, 0.3) is 5.92 Å². The highest BCUT2D eigenvalue weighted by atomic mass is 19.3. The first-order valence-corrected chi connectivity index (χ1v) is 4.95. The zero-order valence-electron chi connectivity index (χ0n) is 9.15. The van der Waals surface area contributed by atoms with Crippen molar-refractivity contribution in [3.63, 3.8) is 0 Å². The van der Waals surface area contributed by atoms with Gasteiger partial charge in [0, 0.05) is 20.1 Å². The van der Waals surface area contributed by atoms with Gasteiger partial charge in [0.05, 0.1) is 12.0 Å². The number of ether oxygens (including phenoxy) is 1. The van der Waals surface area contributed by atoms with Crippen LogP contribution in [0.1, 0.15) is 19.3 Å². The van der Waals surface area contributed by atoms with E-state index in [2.05, 4.69) is 0 Å². The van der Waals surface area contributed by atoms with E-state index in [1.54, 1.807) is 0 Å². The lowest BCUT2D eigenvalue weighted by molar-refractivity contribution is -0.134. The standard InChI is InChI=1S/C10H19F2NO/c1-13(2)7-9(8-14-3)5-4-6-10(9,11)12/h4-8H2,1-3H3. The molecule has 1 saturated carbocycles. The van der Waals surface area contributed by atoms with E-state index in [0.717, 1.165) is 0 Å². The molecule has 1 aliphatic carbocycles. The quantitative estimate of drug-likeness (QED) is 0.699. The fourth-order valence-electron chi connectivity index (χ4n) is 2.40. The van der Waals surface area contributed by atoms with Crippen LogP contribution in [-0.4, -0.2) is 45.2 Å². The predicted octanol–water partition coefficient (Wildman–Crippen LogP) is 2.00. The van der Waals surface area contributed by atoms with Crippen molar-refractivity contribution in [1.29, 1.82) is 0 Å². The van der Waals surface area contributed by atoms with Gasteiger partial charge in [-0.2, -0.15) is 0 Å². The van der Waals surface area contributed by atoms with Crippen LogP contribution >= 0.6 is 0 Å². The van der Waals surface area contributed by atoms with E-state index in [-0.39, 0.29) is 13.0 Å². The molecule has 0 heterocycles. The van der Waals surface area contributed by atoms with Crippen molar-refractivity contribution < 1.29 is 13.5 Å². The van der Waals surface area contributed by atoms with Gasteiger partial charge in [0.2, 0.25) is 0 Å². The fourth-order valence-corrected chi connectivity index (χ4v) is 2.40. The number of methoxy groups -OCH3 is 1. The zero-order chi connectivity index (χ0) is 10.8. The van der Waals surface area contributed by atoms with Crippen LogP contribution in [0.5, 0.6) is 0 Å². The lowest BCUT2D eigenvalue weighted by Gasteiger charge is -2.36. The molecular weight excluding hydrogens is 188 g/mol. The lowest BCUT2D eigenvalue weighted by atomic mass is 9.83. The Morgan fingerprint density at radius 1 is 1.29 bits per heavy atom. The Kier molecular flexibility index (Phi) is 3.48. The van der Waals surface area contributed by atoms with Gasteiger partial charge in [-0.15, -0.1) is 0 Å². The van der Waals surface area contributed by atoms with Gasteiger partial charge in [0.15, 0.2) is 0 Å². The summed E-state index contributed by atoms with van der Waals surface area (Å²) in [4.78, 5) is 1.82. The van der Waals surface area contributed by atoms with E-state index in [9.17, 15) is 8.78 Å². The molecule has 84 valence electrons. The molecule has 0 bridgehead atoms. The van der Waals surface area contributed by atoms with Crippen LogP contribution in [0.25, 0.3) is 0 Å². The molecule has 0 spiro atoms. The number of nitrogens with zero attached hydrogens (tertiary/aromatic N) is 1. The second-order valence-corrected chi connectivity index (χ2v) is 4.51. The normalized spacial score (nSPS) is 31.3. The topological polar surface area (TPSA) is 12.5 Å². The van der Waals surface area contributed by atoms with E-state index in [1.165, 1.54) is 7.11 Å². The van der Waals surface area contributed by atoms with Crippen molar-refractivity contribution in [3.05, 3.63) is 0 Å². The van der Waals surface area contributed by atoms with Gasteiger partial charge in [-0.25, -0.2) is 8.78 Å². The highest BCUT2D eigenvalue weighted by molar-refractivity contribution is 4.99. The summed E-state index contributed by atoms with van der Waals surface area (Å²) in [7, 11) is 5.14. The zero-order valence-corrected chi connectivity index (χ0v) is 9.15. The van der Waals surface area contributed by atoms with Gasteiger partial charge < -0.3 is 9.64 Å². The number of halogens is 2. The summed E-state index contributed by atoms with van der Waals surface area (Å²) < 4.78 is 32.4. The second-order valence-electron chi connectivity index (χ2n) is 4.51.